The number of para-hydroxylation sites is 1. The Hall–Kier alpha value is -3.24. The molecule has 0 radical (unpaired) electrons. The normalized spacial score (nSPS) is 13.9. The first kappa shape index (κ1) is 20.4. The van der Waals surface area contributed by atoms with Crippen molar-refractivity contribution in [3.8, 4) is 17.1 Å². The lowest BCUT2D eigenvalue weighted by molar-refractivity contribution is 0.571. The molecule has 0 fully saturated rings. The van der Waals surface area contributed by atoms with Gasteiger partial charge in [-0.25, -0.2) is 9.97 Å². The van der Waals surface area contributed by atoms with Crippen LogP contribution in [0.3, 0.4) is 0 Å². The molecule has 0 spiro atoms. The Morgan fingerprint density at radius 1 is 1.06 bits per heavy atom. The Morgan fingerprint density at radius 3 is 2.82 bits per heavy atom. The van der Waals surface area contributed by atoms with E-state index in [1.807, 2.05) is 35.7 Å². The van der Waals surface area contributed by atoms with E-state index in [-0.39, 0.29) is 11.1 Å². The molecule has 5 heterocycles. The van der Waals surface area contributed by atoms with Gasteiger partial charge in [0.15, 0.2) is 15.9 Å². The number of fused-ring (bicyclic) bond motifs is 4. The summed E-state index contributed by atoms with van der Waals surface area (Å²) in [5, 5.41) is 7.25. The minimum absolute atomic E-state index is 0.0793. The average Bonchev–Trinajstić information content (AvgIpc) is 3.35. The lowest BCUT2D eigenvalue weighted by atomic mass is 10.1. The lowest BCUT2D eigenvalue weighted by Crippen LogP contribution is -2.19. The quantitative estimate of drug-likeness (QED) is 0.291. The maximum Gasteiger partial charge on any atom is 0.284 e. The highest BCUT2D eigenvalue weighted by molar-refractivity contribution is 7.98. The molecule has 0 saturated carbocycles. The van der Waals surface area contributed by atoms with E-state index in [4.69, 9.17) is 4.98 Å². The molecule has 0 aliphatic carbocycles. The second kappa shape index (κ2) is 8.27. The van der Waals surface area contributed by atoms with Crippen LogP contribution in [-0.4, -0.2) is 28.7 Å². The van der Waals surface area contributed by atoms with Crippen LogP contribution in [0.2, 0.25) is 0 Å². The summed E-state index contributed by atoms with van der Waals surface area (Å²) in [6.45, 7) is 0.816. The van der Waals surface area contributed by atoms with E-state index in [1.165, 1.54) is 27.8 Å². The molecular formula is C23H20N6O2S2. The third-order valence-corrected chi connectivity index (χ3v) is 7.64. The number of rotatable bonds is 4. The smallest absolute Gasteiger partial charge is 0.284 e. The van der Waals surface area contributed by atoms with Crippen LogP contribution in [0.5, 0.6) is 0 Å². The van der Waals surface area contributed by atoms with Crippen molar-refractivity contribution in [2.24, 2.45) is 0 Å². The summed E-state index contributed by atoms with van der Waals surface area (Å²) in [6.07, 6.45) is 5.75. The maximum absolute atomic E-state index is 13.3. The maximum atomic E-state index is 13.3. The second-order valence-corrected chi connectivity index (χ2v) is 9.80. The fourth-order valence-corrected chi connectivity index (χ4v) is 5.98. The third-order valence-electron chi connectivity index (χ3n) is 5.87. The van der Waals surface area contributed by atoms with Gasteiger partial charge in [-0.1, -0.05) is 36.4 Å². The number of nitrogens with zero attached hydrogens (tertiary/aromatic N) is 6. The Labute approximate surface area is 196 Å². The molecule has 2 aromatic heterocycles. The second-order valence-electron chi connectivity index (χ2n) is 7.98. The Kier molecular flexibility index (Phi) is 5.11. The summed E-state index contributed by atoms with van der Waals surface area (Å²) in [4.78, 5) is 35.8. The summed E-state index contributed by atoms with van der Waals surface area (Å²) in [5.74, 6) is 0.992. The lowest BCUT2D eigenvalue weighted by Gasteiger charge is -2.17. The first-order valence-electron chi connectivity index (χ1n) is 10.9. The van der Waals surface area contributed by atoms with E-state index < -0.39 is 0 Å². The summed E-state index contributed by atoms with van der Waals surface area (Å²) < 4.78 is 5.18. The zero-order chi connectivity index (χ0) is 22.4. The van der Waals surface area contributed by atoms with E-state index in [9.17, 15) is 9.59 Å². The van der Waals surface area contributed by atoms with Crippen LogP contribution in [0.4, 0.5) is 0 Å². The molecule has 3 aliphatic rings. The number of hydrogen-bond donors (Lipinski definition) is 0. The standard InChI is InChI=1S/C23H20N6O2S2/c30-18-13-15(24-22-28(18)11-12-32-22)14-33-23-25-20-19(17-9-5-2-6-10-27(17)23)21(31)29(26-20)16-7-3-1-4-8-16/h1,3-4,7-8,11-13H,2,5-6,9-10,14H2. The molecule has 10 heteroatoms. The van der Waals surface area contributed by atoms with Crippen LogP contribution in [0.15, 0.2) is 62.7 Å². The number of benzene rings is 1. The third kappa shape index (κ3) is 3.59. The zero-order valence-corrected chi connectivity index (χ0v) is 19.3. The Balaban J connectivity index is 1.44. The summed E-state index contributed by atoms with van der Waals surface area (Å²) >= 11 is 2.98. The van der Waals surface area contributed by atoms with Gasteiger partial charge in [-0.05, 0) is 31.4 Å². The SMILES string of the molecule is O=c1c2c3n(c(SCc4cc(=O)n5ccsc5n4)nc-2nn1-c1ccccc1)CCCCC3. The summed E-state index contributed by atoms with van der Waals surface area (Å²) in [7, 11) is 0. The van der Waals surface area contributed by atoms with E-state index in [1.54, 1.807) is 16.7 Å². The number of hydrogen-bond acceptors (Lipinski definition) is 7. The Bertz CT molecular complexity index is 1550. The fraction of sp³-hybridized carbons (Fsp3) is 0.261. The van der Waals surface area contributed by atoms with Gasteiger partial charge in [-0.3, -0.25) is 14.0 Å². The van der Waals surface area contributed by atoms with Gasteiger partial charge in [-0.2, -0.15) is 4.68 Å². The van der Waals surface area contributed by atoms with Crippen molar-refractivity contribution in [2.75, 3.05) is 0 Å². The van der Waals surface area contributed by atoms with Crippen LogP contribution < -0.4 is 11.1 Å². The molecule has 3 aliphatic heterocycles. The highest BCUT2D eigenvalue weighted by Gasteiger charge is 2.27. The van der Waals surface area contributed by atoms with Crippen molar-refractivity contribution in [2.45, 2.75) is 43.1 Å². The molecular weight excluding hydrogens is 456 g/mol. The van der Waals surface area contributed by atoms with E-state index in [0.29, 0.717) is 22.1 Å². The first-order chi connectivity index (χ1) is 16.2. The minimum atomic E-state index is -0.122. The molecule has 0 bridgehead atoms. The van der Waals surface area contributed by atoms with Crippen molar-refractivity contribution in [3.63, 3.8) is 0 Å². The average molecular weight is 477 g/mol. The molecule has 1 aromatic carbocycles. The molecule has 3 aromatic rings. The van der Waals surface area contributed by atoms with Crippen LogP contribution in [0.1, 0.15) is 30.7 Å². The molecule has 0 unspecified atom stereocenters. The molecule has 33 heavy (non-hydrogen) atoms. The monoisotopic (exact) mass is 476 g/mol. The predicted molar refractivity (Wildman–Crippen MR) is 129 cm³/mol. The number of thiazole rings is 1. The summed E-state index contributed by atoms with van der Waals surface area (Å²) in [5.41, 5.74) is 2.87. The molecule has 0 N–H and O–H groups in total. The van der Waals surface area contributed by atoms with Gasteiger partial charge in [0.25, 0.3) is 11.1 Å². The minimum Gasteiger partial charge on any atom is -0.324 e. The van der Waals surface area contributed by atoms with Gasteiger partial charge < -0.3 is 4.57 Å². The molecule has 8 nitrogen and oxygen atoms in total. The number of thioether (sulfide) groups is 1. The van der Waals surface area contributed by atoms with Crippen molar-refractivity contribution in [1.29, 1.82) is 0 Å². The zero-order valence-electron chi connectivity index (χ0n) is 17.7. The van der Waals surface area contributed by atoms with Crippen molar-refractivity contribution in [3.05, 3.63) is 80.1 Å². The summed E-state index contributed by atoms with van der Waals surface area (Å²) in [6, 6.07) is 11.0. The number of aromatic nitrogens is 6. The van der Waals surface area contributed by atoms with Crippen LogP contribution >= 0.6 is 23.1 Å². The van der Waals surface area contributed by atoms with Crippen LogP contribution in [0.25, 0.3) is 22.0 Å². The van der Waals surface area contributed by atoms with Crippen molar-refractivity contribution < 1.29 is 0 Å². The fourth-order valence-electron chi connectivity index (χ4n) is 4.31. The van der Waals surface area contributed by atoms with Gasteiger partial charge in [0, 0.05) is 35.6 Å². The highest BCUT2D eigenvalue weighted by Crippen LogP contribution is 2.31. The van der Waals surface area contributed by atoms with Crippen molar-refractivity contribution >= 4 is 28.1 Å². The van der Waals surface area contributed by atoms with E-state index in [0.717, 1.165) is 54.5 Å². The van der Waals surface area contributed by atoms with E-state index >= 15 is 0 Å². The molecule has 6 rings (SSSR count). The molecule has 0 atom stereocenters. The Morgan fingerprint density at radius 2 is 1.94 bits per heavy atom. The molecule has 0 amide bonds. The van der Waals surface area contributed by atoms with Gasteiger partial charge in [-0.15, -0.1) is 16.4 Å². The van der Waals surface area contributed by atoms with Gasteiger partial charge in [0.2, 0.25) is 0 Å². The van der Waals surface area contributed by atoms with Crippen molar-refractivity contribution in [1.82, 2.24) is 28.7 Å². The van der Waals surface area contributed by atoms with Crippen LogP contribution in [-0.2, 0) is 18.7 Å². The van der Waals surface area contributed by atoms with Gasteiger partial charge >= 0.3 is 0 Å². The highest BCUT2D eigenvalue weighted by atomic mass is 32.2. The van der Waals surface area contributed by atoms with E-state index in [2.05, 4.69) is 14.6 Å². The molecule has 0 saturated heterocycles. The van der Waals surface area contributed by atoms with Crippen LogP contribution in [0, 0.1) is 0 Å². The van der Waals surface area contributed by atoms with Gasteiger partial charge in [0.05, 0.1) is 11.4 Å². The first-order valence-corrected chi connectivity index (χ1v) is 12.7. The molecule has 166 valence electrons. The largest absolute Gasteiger partial charge is 0.324 e. The topological polar surface area (TPSA) is 87.1 Å². The predicted octanol–water partition coefficient (Wildman–Crippen LogP) is 3.62. The van der Waals surface area contributed by atoms with Gasteiger partial charge in [0.1, 0.15) is 5.56 Å².